The highest BCUT2D eigenvalue weighted by Gasteiger charge is 2.18. The molecule has 3 rings (SSSR count). The van der Waals surface area contributed by atoms with E-state index in [0.29, 0.717) is 22.9 Å². The van der Waals surface area contributed by atoms with Crippen LogP contribution in [0.5, 0.6) is 0 Å². The highest BCUT2D eigenvalue weighted by atomic mass is 35.5. The number of aromatic nitrogens is 2. The van der Waals surface area contributed by atoms with Crippen LogP contribution in [0.3, 0.4) is 0 Å². The van der Waals surface area contributed by atoms with Crippen LogP contribution >= 0.6 is 11.6 Å². The van der Waals surface area contributed by atoms with Crippen LogP contribution in [0.2, 0.25) is 5.02 Å². The molecule has 0 radical (unpaired) electrons. The first-order chi connectivity index (χ1) is 11.7. The van der Waals surface area contributed by atoms with E-state index in [2.05, 4.69) is 10.6 Å². The first kappa shape index (κ1) is 16.2. The van der Waals surface area contributed by atoms with Crippen LogP contribution in [-0.2, 0) is 4.84 Å². The fourth-order valence-corrected chi connectivity index (χ4v) is 2.39. The normalized spacial score (nSPS) is 10.6. The molecule has 1 heterocycles. The molecule has 0 aliphatic carbocycles. The minimum absolute atomic E-state index is 0.344. The number of benzene rings is 2. The Labute approximate surface area is 144 Å². The summed E-state index contributed by atoms with van der Waals surface area (Å²) in [4.78, 5) is 17.4. The number of halogens is 1. The van der Waals surface area contributed by atoms with Crippen LogP contribution < -0.4 is 5.48 Å². The molecule has 1 amide bonds. The van der Waals surface area contributed by atoms with E-state index in [-0.39, 0.29) is 5.91 Å². The van der Waals surface area contributed by atoms with Gasteiger partial charge in [-0.25, -0.2) is 10.2 Å². The molecule has 0 unspecified atom stereocenters. The van der Waals surface area contributed by atoms with Gasteiger partial charge in [0.2, 0.25) is 0 Å². The molecule has 3 aromatic rings. The van der Waals surface area contributed by atoms with E-state index in [9.17, 15) is 4.79 Å². The van der Waals surface area contributed by atoms with Gasteiger partial charge in [0.25, 0.3) is 5.91 Å². The summed E-state index contributed by atoms with van der Waals surface area (Å²) in [5, 5.41) is 5.19. The van der Waals surface area contributed by atoms with Gasteiger partial charge in [-0.1, -0.05) is 41.9 Å². The van der Waals surface area contributed by atoms with Crippen LogP contribution in [0.1, 0.15) is 17.3 Å². The van der Waals surface area contributed by atoms with E-state index < -0.39 is 0 Å². The quantitative estimate of drug-likeness (QED) is 0.717. The SMILES string of the molecule is CCONC(=O)c1cn(-c2ccccc2)nc1-c1ccc(Cl)cc1. The van der Waals surface area contributed by atoms with Crippen molar-refractivity contribution in [2.45, 2.75) is 6.92 Å². The van der Waals surface area contributed by atoms with Crippen LogP contribution in [0.4, 0.5) is 0 Å². The van der Waals surface area contributed by atoms with Crippen LogP contribution in [0, 0.1) is 0 Å². The summed E-state index contributed by atoms with van der Waals surface area (Å²) in [6.07, 6.45) is 1.69. The predicted octanol–water partition coefficient (Wildman–Crippen LogP) is 3.87. The van der Waals surface area contributed by atoms with Crippen molar-refractivity contribution in [2.75, 3.05) is 6.61 Å². The number of carbonyl (C=O) groups excluding carboxylic acids is 1. The summed E-state index contributed by atoms with van der Waals surface area (Å²) in [5.74, 6) is -0.344. The largest absolute Gasteiger partial charge is 0.278 e. The summed E-state index contributed by atoms with van der Waals surface area (Å²) in [6.45, 7) is 2.18. The molecule has 122 valence electrons. The number of para-hydroxylation sites is 1. The molecule has 6 heteroatoms. The zero-order valence-corrected chi connectivity index (χ0v) is 13.8. The Morgan fingerprint density at radius 1 is 1.17 bits per heavy atom. The number of amides is 1. The van der Waals surface area contributed by atoms with Crippen molar-refractivity contribution < 1.29 is 9.63 Å². The van der Waals surface area contributed by atoms with Gasteiger partial charge in [0.15, 0.2) is 0 Å². The van der Waals surface area contributed by atoms with Crippen molar-refractivity contribution in [3.8, 4) is 16.9 Å². The number of nitrogens with zero attached hydrogens (tertiary/aromatic N) is 2. The fraction of sp³-hybridized carbons (Fsp3) is 0.111. The molecule has 0 saturated carbocycles. The summed E-state index contributed by atoms with van der Waals surface area (Å²) in [6, 6.07) is 16.8. The van der Waals surface area contributed by atoms with Crippen molar-refractivity contribution in [3.05, 3.63) is 71.4 Å². The van der Waals surface area contributed by atoms with Crippen molar-refractivity contribution in [3.63, 3.8) is 0 Å². The maximum atomic E-state index is 12.4. The second kappa shape index (κ2) is 7.29. The van der Waals surface area contributed by atoms with Crippen molar-refractivity contribution >= 4 is 17.5 Å². The minimum Gasteiger partial charge on any atom is -0.274 e. The molecule has 0 spiro atoms. The molecule has 1 N–H and O–H groups in total. The van der Waals surface area contributed by atoms with Crippen molar-refractivity contribution in [2.24, 2.45) is 0 Å². The monoisotopic (exact) mass is 341 g/mol. The highest BCUT2D eigenvalue weighted by molar-refractivity contribution is 6.30. The Morgan fingerprint density at radius 3 is 2.54 bits per heavy atom. The molecule has 1 aromatic heterocycles. The second-order valence-corrected chi connectivity index (χ2v) is 5.48. The average molecular weight is 342 g/mol. The lowest BCUT2D eigenvalue weighted by atomic mass is 10.1. The van der Waals surface area contributed by atoms with Crippen molar-refractivity contribution in [1.29, 1.82) is 0 Å². The summed E-state index contributed by atoms with van der Waals surface area (Å²) in [5.41, 5.74) is 5.07. The number of hydrogen-bond donors (Lipinski definition) is 1. The molecule has 0 aliphatic rings. The number of nitrogens with one attached hydrogen (secondary N) is 1. The van der Waals surface area contributed by atoms with Gasteiger partial charge in [-0.15, -0.1) is 0 Å². The number of carbonyl (C=O) groups is 1. The third kappa shape index (κ3) is 3.48. The third-order valence-corrected chi connectivity index (χ3v) is 3.66. The van der Waals surface area contributed by atoms with E-state index in [1.807, 2.05) is 42.5 Å². The smallest absolute Gasteiger partial charge is 0.274 e. The molecular formula is C18H16ClN3O2. The molecule has 5 nitrogen and oxygen atoms in total. The summed E-state index contributed by atoms with van der Waals surface area (Å²) >= 11 is 5.95. The topological polar surface area (TPSA) is 56.1 Å². The van der Waals surface area contributed by atoms with E-state index in [1.165, 1.54) is 0 Å². The lowest BCUT2D eigenvalue weighted by Gasteiger charge is -2.04. The maximum absolute atomic E-state index is 12.4. The van der Waals surface area contributed by atoms with Gasteiger partial charge in [-0.3, -0.25) is 9.63 Å². The number of hydroxylamine groups is 1. The van der Waals surface area contributed by atoms with E-state index >= 15 is 0 Å². The predicted molar refractivity (Wildman–Crippen MR) is 93.1 cm³/mol. The third-order valence-electron chi connectivity index (χ3n) is 3.41. The first-order valence-electron chi connectivity index (χ1n) is 7.52. The zero-order chi connectivity index (χ0) is 16.9. The Morgan fingerprint density at radius 2 is 1.88 bits per heavy atom. The van der Waals surface area contributed by atoms with E-state index in [1.54, 1.807) is 29.9 Å². The highest BCUT2D eigenvalue weighted by Crippen LogP contribution is 2.25. The Hall–Kier alpha value is -2.63. The molecule has 0 atom stereocenters. The molecule has 0 aliphatic heterocycles. The second-order valence-electron chi connectivity index (χ2n) is 5.04. The maximum Gasteiger partial charge on any atom is 0.278 e. The Bertz CT molecular complexity index is 829. The molecule has 2 aromatic carbocycles. The van der Waals surface area contributed by atoms with Gasteiger partial charge in [0.05, 0.1) is 17.9 Å². The average Bonchev–Trinajstić information content (AvgIpc) is 3.06. The lowest BCUT2D eigenvalue weighted by Crippen LogP contribution is -2.23. The first-order valence-corrected chi connectivity index (χ1v) is 7.90. The van der Waals surface area contributed by atoms with E-state index in [4.69, 9.17) is 16.4 Å². The lowest BCUT2D eigenvalue weighted by molar-refractivity contribution is 0.0365. The van der Waals surface area contributed by atoms with Gasteiger partial charge in [-0.05, 0) is 31.2 Å². The van der Waals surface area contributed by atoms with Crippen molar-refractivity contribution in [1.82, 2.24) is 15.3 Å². The van der Waals surface area contributed by atoms with E-state index in [0.717, 1.165) is 11.3 Å². The van der Waals surface area contributed by atoms with Gasteiger partial charge in [0, 0.05) is 16.8 Å². The minimum atomic E-state index is -0.344. The Kier molecular flexibility index (Phi) is 4.93. The molecule has 24 heavy (non-hydrogen) atoms. The van der Waals surface area contributed by atoms with Gasteiger partial charge < -0.3 is 0 Å². The van der Waals surface area contributed by atoms with Gasteiger partial charge >= 0.3 is 0 Å². The molecular weight excluding hydrogens is 326 g/mol. The number of rotatable bonds is 5. The summed E-state index contributed by atoms with van der Waals surface area (Å²) < 4.78 is 1.67. The van der Waals surface area contributed by atoms with Crippen LogP contribution in [-0.4, -0.2) is 22.3 Å². The summed E-state index contributed by atoms with van der Waals surface area (Å²) in [7, 11) is 0. The zero-order valence-electron chi connectivity index (χ0n) is 13.1. The Balaban J connectivity index is 2.06. The molecule has 0 bridgehead atoms. The fourth-order valence-electron chi connectivity index (χ4n) is 2.27. The van der Waals surface area contributed by atoms with Crippen LogP contribution in [0.15, 0.2) is 60.8 Å². The standard InChI is InChI=1S/C18H16ClN3O2/c1-2-24-21-18(23)16-12-22(15-6-4-3-5-7-15)20-17(16)13-8-10-14(19)11-9-13/h3-12H,2H2,1H3,(H,21,23). The molecule has 0 fully saturated rings. The van der Waals surface area contributed by atoms with Gasteiger partial charge in [-0.2, -0.15) is 5.10 Å². The molecule has 0 saturated heterocycles. The van der Waals surface area contributed by atoms with Gasteiger partial charge in [0.1, 0.15) is 5.69 Å². The number of hydrogen-bond acceptors (Lipinski definition) is 3. The van der Waals surface area contributed by atoms with Crippen LogP contribution in [0.25, 0.3) is 16.9 Å².